The van der Waals surface area contributed by atoms with Crippen molar-refractivity contribution in [2.24, 2.45) is 5.73 Å². The number of ether oxygens (including phenoxy) is 1. The highest BCUT2D eigenvalue weighted by atomic mass is 16.5. The van der Waals surface area contributed by atoms with Crippen LogP contribution in [0.5, 0.6) is 0 Å². The molecule has 1 unspecified atom stereocenters. The second kappa shape index (κ2) is 3.56. The van der Waals surface area contributed by atoms with E-state index in [0.717, 1.165) is 32.7 Å². The average molecular weight is 184 g/mol. The Balaban J connectivity index is 1.87. The van der Waals surface area contributed by atoms with E-state index in [1.165, 1.54) is 12.8 Å². The first-order valence-electron chi connectivity index (χ1n) is 5.30. The van der Waals surface area contributed by atoms with Crippen molar-refractivity contribution >= 4 is 0 Å². The van der Waals surface area contributed by atoms with E-state index in [2.05, 4.69) is 11.8 Å². The lowest BCUT2D eigenvalue weighted by Crippen LogP contribution is -2.44. The van der Waals surface area contributed by atoms with Crippen LogP contribution in [0.3, 0.4) is 0 Å². The maximum absolute atomic E-state index is 6.11. The summed E-state index contributed by atoms with van der Waals surface area (Å²) in [6.07, 6.45) is 3.56. The van der Waals surface area contributed by atoms with Gasteiger partial charge in [-0.1, -0.05) is 0 Å². The van der Waals surface area contributed by atoms with Gasteiger partial charge in [0.15, 0.2) is 0 Å². The Morgan fingerprint density at radius 1 is 1.54 bits per heavy atom. The number of rotatable bonds is 2. The maximum Gasteiger partial charge on any atom is 0.0619 e. The van der Waals surface area contributed by atoms with Crippen LogP contribution in [0.15, 0.2) is 0 Å². The Hall–Kier alpha value is -0.120. The van der Waals surface area contributed by atoms with Crippen molar-refractivity contribution in [3.05, 3.63) is 0 Å². The summed E-state index contributed by atoms with van der Waals surface area (Å²) in [5.74, 6) is 0. The molecule has 3 nitrogen and oxygen atoms in total. The van der Waals surface area contributed by atoms with Gasteiger partial charge in [0.2, 0.25) is 0 Å². The predicted octanol–water partition coefficient (Wildman–Crippen LogP) is 0.588. The summed E-state index contributed by atoms with van der Waals surface area (Å²) in [5.41, 5.74) is 6.26. The van der Waals surface area contributed by atoms with Crippen LogP contribution in [-0.4, -0.2) is 42.8 Å². The molecule has 2 N–H and O–H groups in total. The van der Waals surface area contributed by atoms with Gasteiger partial charge in [-0.05, 0) is 26.2 Å². The first kappa shape index (κ1) is 9.44. The van der Waals surface area contributed by atoms with Gasteiger partial charge >= 0.3 is 0 Å². The fourth-order valence-electron chi connectivity index (χ4n) is 1.91. The standard InChI is InChI=1S/C10H20N2O/c1-9-7-13-6-2-5-12(9)8-10(11)3-4-10/h9H,2-8,11H2,1H3. The summed E-state index contributed by atoms with van der Waals surface area (Å²) < 4.78 is 5.49. The largest absolute Gasteiger partial charge is 0.380 e. The molecule has 0 aromatic heterocycles. The third-order valence-corrected chi connectivity index (χ3v) is 3.13. The molecule has 3 heteroatoms. The molecular formula is C10H20N2O. The van der Waals surface area contributed by atoms with Crippen molar-refractivity contribution in [3.8, 4) is 0 Å². The quantitative estimate of drug-likeness (QED) is 0.682. The second-order valence-corrected chi connectivity index (χ2v) is 4.61. The lowest BCUT2D eigenvalue weighted by molar-refractivity contribution is 0.104. The van der Waals surface area contributed by atoms with Gasteiger partial charge in [0, 0.05) is 31.3 Å². The minimum atomic E-state index is 0.151. The highest BCUT2D eigenvalue weighted by Gasteiger charge is 2.40. The van der Waals surface area contributed by atoms with Crippen LogP contribution in [-0.2, 0) is 4.74 Å². The van der Waals surface area contributed by atoms with E-state index < -0.39 is 0 Å². The molecule has 76 valence electrons. The van der Waals surface area contributed by atoms with Crippen LogP contribution in [0.25, 0.3) is 0 Å². The Bertz CT molecular complexity index is 180. The van der Waals surface area contributed by atoms with Crippen molar-refractivity contribution in [3.63, 3.8) is 0 Å². The zero-order chi connectivity index (χ0) is 9.31. The minimum absolute atomic E-state index is 0.151. The molecule has 1 aliphatic heterocycles. The Morgan fingerprint density at radius 2 is 2.31 bits per heavy atom. The minimum Gasteiger partial charge on any atom is -0.380 e. The van der Waals surface area contributed by atoms with Crippen molar-refractivity contribution in [2.75, 3.05) is 26.3 Å². The van der Waals surface area contributed by atoms with Gasteiger partial charge in [0.25, 0.3) is 0 Å². The molecule has 0 radical (unpaired) electrons. The molecule has 1 atom stereocenters. The molecule has 0 aromatic carbocycles. The topological polar surface area (TPSA) is 38.5 Å². The van der Waals surface area contributed by atoms with Gasteiger partial charge in [-0.25, -0.2) is 0 Å². The molecule has 2 rings (SSSR count). The fraction of sp³-hybridized carbons (Fsp3) is 1.00. The van der Waals surface area contributed by atoms with E-state index in [1.807, 2.05) is 0 Å². The van der Waals surface area contributed by atoms with Gasteiger partial charge in [-0.3, -0.25) is 4.90 Å². The zero-order valence-corrected chi connectivity index (χ0v) is 8.46. The first-order valence-corrected chi connectivity index (χ1v) is 5.30. The third-order valence-electron chi connectivity index (χ3n) is 3.13. The molecule has 0 spiro atoms. The highest BCUT2D eigenvalue weighted by molar-refractivity contribution is 5.01. The summed E-state index contributed by atoms with van der Waals surface area (Å²) >= 11 is 0. The lowest BCUT2D eigenvalue weighted by Gasteiger charge is -2.28. The van der Waals surface area contributed by atoms with E-state index in [9.17, 15) is 0 Å². The van der Waals surface area contributed by atoms with Gasteiger partial charge in [0.05, 0.1) is 6.61 Å². The highest BCUT2D eigenvalue weighted by Crippen LogP contribution is 2.33. The molecule has 1 aliphatic carbocycles. The average Bonchev–Trinajstić information content (AvgIpc) is 2.82. The molecule has 0 aromatic rings. The normalized spacial score (nSPS) is 34.2. The van der Waals surface area contributed by atoms with E-state index in [0.29, 0.717) is 6.04 Å². The fourth-order valence-corrected chi connectivity index (χ4v) is 1.91. The maximum atomic E-state index is 6.11. The summed E-state index contributed by atoms with van der Waals surface area (Å²) in [5, 5.41) is 0. The van der Waals surface area contributed by atoms with E-state index in [-0.39, 0.29) is 5.54 Å². The van der Waals surface area contributed by atoms with Gasteiger partial charge in [-0.15, -0.1) is 0 Å². The van der Waals surface area contributed by atoms with Crippen LogP contribution in [0.2, 0.25) is 0 Å². The predicted molar refractivity (Wildman–Crippen MR) is 52.6 cm³/mol. The molecular weight excluding hydrogens is 164 g/mol. The molecule has 1 saturated heterocycles. The summed E-state index contributed by atoms with van der Waals surface area (Å²) in [6.45, 7) is 6.24. The number of nitrogens with two attached hydrogens (primary N) is 1. The van der Waals surface area contributed by atoms with Crippen molar-refractivity contribution in [1.82, 2.24) is 4.90 Å². The molecule has 13 heavy (non-hydrogen) atoms. The SMILES string of the molecule is CC1COCCCN1CC1(N)CC1. The van der Waals surface area contributed by atoms with Crippen LogP contribution >= 0.6 is 0 Å². The monoisotopic (exact) mass is 184 g/mol. The van der Waals surface area contributed by atoms with Crippen LogP contribution in [0.1, 0.15) is 26.2 Å². The zero-order valence-electron chi connectivity index (χ0n) is 8.46. The Morgan fingerprint density at radius 3 is 3.00 bits per heavy atom. The van der Waals surface area contributed by atoms with Crippen LogP contribution in [0.4, 0.5) is 0 Å². The summed E-state index contributed by atoms with van der Waals surface area (Å²) in [7, 11) is 0. The van der Waals surface area contributed by atoms with Crippen LogP contribution < -0.4 is 5.73 Å². The molecule has 1 heterocycles. The van der Waals surface area contributed by atoms with Gasteiger partial charge < -0.3 is 10.5 Å². The second-order valence-electron chi connectivity index (χ2n) is 4.61. The smallest absolute Gasteiger partial charge is 0.0619 e. The van der Waals surface area contributed by atoms with E-state index in [1.54, 1.807) is 0 Å². The summed E-state index contributed by atoms with van der Waals surface area (Å²) in [6, 6.07) is 0.545. The van der Waals surface area contributed by atoms with Crippen molar-refractivity contribution < 1.29 is 4.74 Å². The van der Waals surface area contributed by atoms with E-state index in [4.69, 9.17) is 10.5 Å². The molecule has 0 amide bonds. The first-order chi connectivity index (χ1) is 6.20. The number of hydrogen-bond acceptors (Lipinski definition) is 3. The van der Waals surface area contributed by atoms with Crippen LogP contribution in [0, 0.1) is 0 Å². The molecule has 0 bridgehead atoms. The Labute approximate surface area is 80.2 Å². The van der Waals surface area contributed by atoms with Crippen molar-refractivity contribution in [1.29, 1.82) is 0 Å². The third kappa shape index (κ3) is 2.42. The Kier molecular flexibility index (Phi) is 2.58. The lowest BCUT2D eigenvalue weighted by atomic mass is 10.2. The molecule has 1 saturated carbocycles. The van der Waals surface area contributed by atoms with Gasteiger partial charge in [-0.2, -0.15) is 0 Å². The number of nitrogens with zero attached hydrogens (tertiary/aromatic N) is 1. The molecule has 2 aliphatic rings. The summed E-state index contributed by atoms with van der Waals surface area (Å²) in [4.78, 5) is 2.49. The molecule has 2 fully saturated rings. The van der Waals surface area contributed by atoms with Gasteiger partial charge in [0.1, 0.15) is 0 Å². The van der Waals surface area contributed by atoms with E-state index >= 15 is 0 Å². The van der Waals surface area contributed by atoms with Crippen molar-refractivity contribution in [2.45, 2.75) is 37.8 Å². The number of hydrogen-bond donors (Lipinski definition) is 1.